The molecule has 0 aromatic rings. The van der Waals surface area contributed by atoms with Gasteiger partial charge in [-0.25, -0.2) is 0 Å². The van der Waals surface area contributed by atoms with Crippen molar-refractivity contribution >= 4 is 0 Å². The topological polar surface area (TPSA) is 0 Å². The summed E-state index contributed by atoms with van der Waals surface area (Å²) in [5.41, 5.74) is 0. The van der Waals surface area contributed by atoms with Gasteiger partial charge in [0.15, 0.2) is 0 Å². The molecule has 211 valence electrons. The highest BCUT2D eigenvalue weighted by atomic mass is 14.1. The predicted octanol–water partition coefficient (Wildman–Crippen LogP) is 13.6. The lowest BCUT2D eigenvalue weighted by Crippen LogP contribution is -2.01. The van der Waals surface area contributed by atoms with E-state index in [0.29, 0.717) is 0 Å². The van der Waals surface area contributed by atoms with Crippen molar-refractivity contribution in [3.8, 4) is 0 Å². The molecule has 0 heteroatoms. The van der Waals surface area contributed by atoms with Crippen molar-refractivity contribution in [3.05, 3.63) is 6.92 Å². The molecule has 0 amide bonds. The zero-order valence-corrected chi connectivity index (χ0v) is 25.2. The molecule has 0 nitrogen and oxygen atoms in total. The first kappa shape index (κ1) is 35.0. The smallest absolute Gasteiger partial charge is 0.0414 e. The van der Waals surface area contributed by atoms with Gasteiger partial charge in [-0.2, -0.15) is 0 Å². The predicted molar refractivity (Wildman–Crippen MR) is 163 cm³/mol. The maximum absolute atomic E-state index is 4.09. The largest absolute Gasteiger partial charge is 0.0654 e. The normalized spacial score (nSPS) is 12.4. The van der Waals surface area contributed by atoms with E-state index in [0.717, 1.165) is 12.3 Å². The lowest BCUT2D eigenvalue weighted by Gasteiger charge is -2.16. The van der Waals surface area contributed by atoms with E-state index in [-0.39, 0.29) is 0 Å². The van der Waals surface area contributed by atoms with Crippen LogP contribution in [0.2, 0.25) is 0 Å². The first-order valence-electron chi connectivity index (χ1n) is 17.1. The summed E-state index contributed by atoms with van der Waals surface area (Å²) in [6, 6.07) is 0. The van der Waals surface area contributed by atoms with E-state index in [9.17, 15) is 0 Å². The van der Waals surface area contributed by atoms with Gasteiger partial charge in [-0.15, -0.1) is 0 Å². The second kappa shape index (κ2) is 32.0. The van der Waals surface area contributed by atoms with Crippen LogP contribution in [0.15, 0.2) is 0 Å². The minimum atomic E-state index is 0.998. The van der Waals surface area contributed by atoms with Gasteiger partial charge in [0.25, 0.3) is 0 Å². The maximum Gasteiger partial charge on any atom is -0.0414 e. The van der Waals surface area contributed by atoms with Crippen LogP contribution in [0, 0.1) is 12.8 Å². The van der Waals surface area contributed by atoms with Crippen molar-refractivity contribution in [1.82, 2.24) is 0 Å². The Morgan fingerprint density at radius 1 is 0.314 bits per heavy atom. The molecular weight excluding hydrogens is 420 g/mol. The average molecular weight is 492 g/mol. The highest BCUT2D eigenvalue weighted by molar-refractivity contribution is 4.62. The Kier molecular flexibility index (Phi) is 32.0. The van der Waals surface area contributed by atoms with E-state index in [2.05, 4.69) is 20.8 Å². The zero-order chi connectivity index (χ0) is 25.5. The van der Waals surface area contributed by atoms with Gasteiger partial charge in [0.05, 0.1) is 0 Å². The van der Waals surface area contributed by atoms with Gasteiger partial charge in [0.2, 0.25) is 0 Å². The maximum atomic E-state index is 4.09. The summed E-state index contributed by atoms with van der Waals surface area (Å²) in [6.07, 6.45) is 45.1. The molecule has 0 saturated carbocycles. The monoisotopic (exact) mass is 492 g/mol. The summed E-state index contributed by atoms with van der Waals surface area (Å²) in [6.45, 7) is 8.71. The second-order valence-electron chi connectivity index (χ2n) is 11.9. The van der Waals surface area contributed by atoms with E-state index < -0.39 is 0 Å². The van der Waals surface area contributed by atoms with Crippen molar-refractivity contribution in [3.63, 3.8) is 0 Å². The zero-order valence-electron chi connectivity index (χ0n) is 25.2. The van der Waals surface area contributed by atoms with E-state index in [1.807, 2.05) is 0 Å². The number of unbranched alkanes of at least 4 members (excludes halogenated alkanes) is 25. The molecule has 1 radical (unpaired) electrons. The molecule has 0 N–H and O–H groups in total. The van der Waals surface area contributed by atoms with Gasteiger partial charge < -0.3 is 0 Å². The van der Waals surface area contributed by atoms with Crippen molar-refractivity contribution in [2.75, 3.05) is 0 Å². The molecule has 0 aliphatic heterocycles. The molecule has 0 aromatic carbocycles. The molecule has 0 aliphatic carbocycles. The third-order valence-corrected chi connectivity index (χ3v) is 8.29. The molecule has 0 aromatic heterocycles. The highest BCUT2D eigenvalue weighted by Crippen LogP contribution is 2.24. The molecular formula is C35H71. The Balaban J connectivity index is 3.43. The fourth-order valence-corrected chi connectivity index (χ4v) is 5.77. The van der Waals surface area contributed by atoms with Crippen LogP contribution < -0.4 is 0 Å². The SMILES string of the molecule is [CH2]CCCC(CCCCCCCCCCC)CCCCCCCCCCCCCCCCCCC. The van der Waals surface area contributed by atoms with Crippen LogP contribution >= 0.6 is 0 Å². The third kappa shape index (κ3) is 30.1. The summed E-state index contributed by atoms with van der Waals surface area (Å²) < 4.78 is 0. The van der Waals surface area contributed by atoms with Crippen LogP contribution in [-0.2, 0) is 0 Å². The first-order chi connectivity index (χ1) is 17.3. The van der Waals surface area contributed by atoms with E-state index in [1.54, 1.807) is 0 Å². The van der Waals surface area contributed by atoms with Crippen LogP contribution in [0.5, 0.6) is 0 Å². The minimum Gasteiger partial charge on any atom is -0.0654 e. The average Bonchev–Trinajstić information content (AvgIpc) is 2.87. The molecule has 0 heterocycles. The molecule has 0 rings (SSSR count). The molecule has 0 spiro atoms. The van der Waals surface area contributed by atoms with Crippen molar-refractivity contribution < 1.29 is 0 Å². The summed E-state index contributed by atoms with van der Waals surface area (Å²) in [7, 11) is 0. The summed E-state index contributed by atoms with van der Waals surface area (Å²) in [5.74, 6) is 0.998. The Hall–Kier alpha value is 0. The van der Waals surface area contributed by atoms with Crippen LogP contribution in [0.4, 0.5) is 0 Å². The van der Waals surface area contributed by atoms with Gasteiger partial charge in [0, 0.05) is 0 Å². The Morgan fingerprint density at radius 2 is 0.543 bits per heavy atom. The van der Waals surface area contributed by atoms with Crippen LogP contribution in [0.25, 0.3) is 0 Å². The van der Waals surface area contributed by atoms with Gasteiger partial charge in [-0.05, 0) is 5.92 Å². The molecule has 0 aliphatic rings. The van der Waals surface area contributed by atoms with E-state index in [4.69, 9.17) is 0 Å². The van der Waals surface area contributed by atoms with Crippen LogP contribution in [0.1, 0.15) is 213 Å². The Morgan fingerprint density at radius 3 is 0.800 bits per heavy atom. The Labute approximate surface area is 225 Å². The summed E-state index contributed by atoms with van der Waals surface area (Å²) in [5, 5.41) is 0. The van der Waals surface area contributed by atoms with Crippen molar-refractivity contribution in [2.24, 2.45) is 5.92 Å². The number of hydrogen-bond donors (Lipinski definition) is 0. The van der Waals surface area contributed by atoms with Crippen molar-refractivity contribution in [2.45, 2.75) is 213 Å². The van der Waals surface area contributed by atoms with Gasteiger partial charge in [-0.1, -0.05) is 220 Å². The molecule has 1 unspecified atom stereocenters. The van der Waals surface area contributed by atoms with Gasteiger partial charge in [-0.3, -0.25) is 0 Å². The van der Waals surface area contributed by atoms with Gasteiger partial charge >= 0.3 is 0 Å². The highest BCUT2D eigenvalue weighted by Gasteiger charge is 2.08. The quantitative estimate of drug-likeness (QED) is 0.0845. The summed E-state index contributed by atoms with van der Waals surface area (Å²) >= 11 is 0. The third-order valence-electron chi connectivity index (χ3n) is 8.29. The lowest BCUT2D eigenvalue weighted by atomic mass is 9.90. The molecule has 0 fully saturated rings. The first-order valence-corrected chi connectivity index (χ1v) is 17.1. The van der Waals surface area contributed by atoms with Crippen molar-refractivity contribution in [1.29, 1.82) is 0 Å². The summed E-state index contributed by atoms with van der Waals surface area (Å²) in [4.78, 5) is 0. The molecule has 0 saturated heterocycles. The Bertz CT molecular complexity index is 346. The fraction of sp³-hybridized carbons (Fsp3) is 0.971. The van der Waals surface area contributed by atoms with E-state index in [1.165, 1.54) is 193 Å². The van der Waals surface area contributed by atoms with Crippen LogP contribution in [-0.4, -0.2) is 0 Å². The van der Waals surface area contributed by atoms with Crippen LogP contribution in [0.3, 0.4) is 0 Å². The van der Waals surface area contributed by atoms with Gasteiger partial charge in [0.1, 0.15) is 0 Å². The fourth-order valence-electron chi connectivity index (χ4n) is 5.77. The number of rotatable bonds is 31. The second-order valence-corrected chi connectivity index (χ2v) is 11.9. The lowest BCUT2D eigenvalue weighted by molar-refractivity contribution is 0.372. The molecule has 1 atom stereocenters. The standard InChI is InChI=1S/C35H71/c1-4-7-10-12-14-16-17-18-19-20-21-22-23-25-27-29-31-34-35(32-9-6-3)33-30-28-26-24-15-13-11-8-5-2/h35H,3-34H2,1-2H3. The molecule has 35 heavy (non-hydrogen) atoms. The number of hydrogen-bond acceptors (Lipinski definition) is 0. The minimum absolute atomic E-state index is 0.998. The molecule has 0 bridgehead atoms. The van der Waals surface area contributed by atoms with E-state index >= 15 is 0 Å².